The van der Waals surface area contributed by atoms with Crippen LogP contribution in [0.15, 0.2) is 247 Å². The maximum Gasteiger partial charge on any atom is 0.166 e. The van der Waals surface area contributed by atoms with Crippen molar-refractivity contribution in [2.75, 3.05) is 0 Å². The molecule has 0 fully saturated rings. The quantitative estimate of drug-likeness (QED) is 0.149. The summed E-state index contributed by atoms with van der Waals surface area (Å²) in [5.74, 6) is 1.65. The van der Waals surface area contributed by atoms with E-state index in [2.05, 4.69) is 63.7 Å². The van der Waals surface area contributed by atoms with Gasteiger partial charge in [0, 0.05) is 65.7 Å². The summed E-state index contributed by atoms with van der Waals surface area (Å²) in [7, 11) is 0. The summed E-state index contributed by atoms with van der Waals surface area (Å²) in [4.78, 5) is 30.6. The molecule has 75 heavy (non-hydrogen) atoms. The predicted molar refractivity (Wildman–Crippen MR) is 302 cm³/mol. The Bertz CT molecular complexity index is 4770. The van der Waals surface area contributed by atoms with E-state index in [4.69, 9.17) is 34.3 Å². The van der Waals surface area contributed by atoms with Gasteiger partial charge < -0.3 is 13.6 Å². The molecule has 0 aliphatic heterocycles. The molecule has 0 spiro atoms. The highest BCUT2D eigenvalue weighted by Crippen LogP contribution is 2.45. The molecule has 10 aromatic carbocycles. The standard InChI is InChI=1S/C66H40N8O/c1-5-20-41(21-6-1)61-67-62(42-22-7-2-8-23-42)70-65(69-61)45-36-38-54(51(40-45)66-71-63(43-24-9-3-10-25-43)68-64(72-66)44-26-11-4-12-27-44)74-52-32-16-13-28-46(52)48-37-39-55-58(59(48)74)50-30-14-17-33-53(50)73(55)56-34-19-31-49-47-29-15-18-35-57(47)75-60(49)56/h1-40H/i36D,38D,40D. The van der Waals surface area contributed by atoms with Gasteiger partial charge in [0.15, 0.2) is 40.5 Å². The lowest BCUT2D eigenvalue weighted by Crippen LogP contribution is -2.05. The van der Waals surface area contributed by atoms with Crippen molar-refractivity contribution in [2.24, 2.45) is 0 Å². The highest BCUT2D eigenvalue weighted by molar-refractivity contribution is 6.26. The van der Waals surface area contributed by atoms with Crippen LogP contribution in [0.5, 0.6) is 0 Å². The summed E-state index contributed by atoms with van der Waals surface area (Å²) in [5, 5.41) is 5.73. The molecule has 5 aromatic heterocycles. The highest BCUT2D eigenvalue weighted by atomic mass is 16.3. The van der Waals surface area contributed by atoms with Gasteiger partial charge >= 0.3 is 0 Å². The summed E-state index contributed by atoms with van der Waals surface area (Å²) in [6.07, 6.45) is 0. The van der Waals surface area contributed by atoms with E-state index in [1.165, 1.54) is 0 Å². The van der Waals surface area contributed by atoms with Gasteiger partial charge in [-0.1, -0.05) is 194 Å². The summed E-state index contributed by atoms with van der Waals surface area (Å²) in [5.41, 5.74) is 9.20. The largest absolute Gasteiger partial charge is 0.454 e. The number of para-hydroxylation sites is 4. The van der Waals surface area contributed by atoms with Crippen LogP contribution in [0.3, 0.4) is 0 Å². The van der Waals surface area contributed by atoms with Gasteiger partial charge in [-0.15, -0.1) is 0 Å². The molecule has 15 aromatic rings. The van der Waals surface area contributed by atoms with Gasteiger partial charge in [0.25, 0.3) is 0 Å². The zero-order valence-electron chi connectivity index (χ0n) is 42.8. The number of benzene rings is 10. The fraction of sp³-hybridized carbons (Fsp3) is 0. The van der Waals surface area contributed by atoms with Crippen LogP contribution in [0, 0.1) is 0 Å². The maximum atomic E-state index is 10.7. The number of fused-ring (bicyclic) bond motifs is 10. The zero-order chi connectivity index (χ0) is 52.0. The third-order valence-electron chi connectivity index (χ3n) is 14.0. The molecule has 0 aliphatic carbocycles. The van der Waals surface area contributed by atoms with Crippen LogP contribution in [0.1, 0.15) is 4.11 Å². The molecule has 0 bridgehead atoms. The Hall–Kier alpha value is -10.4. The number of nitrogens with zero attached hydrogens (tertiary/aromatic N) is 8. The molecule has 0 atom stereocenters. The number of furan rings is 1. The van der Waals surface area contributed by atoms with E-state index in [-0.39, 0.29) is 46.6 Å². The number of aromatic nitrogens is 8. The molecule has 0 radical (unpaired) electrons. The van der Waals surface area contributed by atoms with Crippen LogP contribution in [-0.4, -0.2) is 39.0 Å². The predicted octanol–water partition coefficient (Wildman–Crippen LogP) is 16.2. The average Bonchev–Trinajstić information content (AvgIpc) is 4.37. The van der Waals surface area contributed by atoms with Crippen molar-refractivity contribution in [3.63, 3.8) is 0 Å². The Labute approximate surface area is 433 Å². The highest BCUT2D eigenvalue weighted by Gasteiger charge is 2.26. The van der Waals surface area contributed by atoms with Crippen molar-refractivity contribution in [3.8, 4) is 79.7 Å². The molecule has 0 saturated carbocycles. The summed E-state index contributed by atoms with van der Waals surface area (Å²) >= 11 is 0. The minimum Gasteiger partial charge on any atom is -0.454 e. The summed E-state index contributed by atoms with van der Waals surface area (Å²) in [6.45, 7) is 0. The SMILES string of the molecule is [2H]c1c([2H])c(-n2c3ccccc3c3ccc4c(c5ccccc5n4-c4cccc5c4oc4ccccc45)c32)c(-c2nc(-c3ccccc3)nc(-c3ccccc3)n2)c([2H])c1-c1nc(-c2ccccc2)nc(-c2ccccc2)n1. The van der Waals surface area contributed by atoms with Crippen LogP contribution < -0.4 is 0 Å². The van der Waals surface area contributed by atoms with E-state index in [1.807, 2.05) is 170 Å². The fourth-order valence-corrected chi connectivity index (χ4v) is 10.6. The maximum absolute atomic E-state index is 10.7. The Morgan fingerprint density at radius 2 is 0.787 bits per heavy atom. The van der Waals surface area contributed by atoms with Crippen molar-refractivity contribution in [1.29, 1.82) is 0 Å². The summed E-state index contributed by atoms with van der Waals surface area (Å²) in [6, 6.07) is 73.1. The second kappa shape index (κ2) is 17.1. The smallest absolute Gasteiger partial charge is 0.166 e. The Morgan fingerprint density at radius 1 is 0.320 bits per heavy atom. The zero-order valence-corrected chi connectivity index (χ0v) is 39.8. The molecule has 9 nitrogen and oxygen atoms in total. The molecule has 0 amide bonds. The van der Waals surface area contributed by atoms with E-state index in [1.54, 1.807) is 0 Å². The first kappa shape index (κ1) is 39.3. The Kier molecular flexibility index (Phi) is 8.98. The van der Waals surface area contributed by atoms with Crippen molar-refractivity contribution in [1.82, 2.24) is 39.0 Å². The van der Waals surface area contributed by atoms with Crippen LogP contribution in [0.2, 0.25) is 0 Å². The van der Waals surface area contributed by atoms with Gasteiger partial charge in [-0.05, 0) is 48.5 Å². The third kappa shape index (κ3) is 6.94. The van der Waals surface area contributed by atoms with E-state index in [9.17, 15) is 4.11 Å². The molecule has 0 N–H and O–H groups in total. The van der Waals surface area contributed by atoms with Gasteiger partial charge in [-0.25, -0.2) is 29.9 Å². The van der Waals surface area contributed by atoms with E-state index >= 15 is 0 Å². The Morgan fingerprint density at radius 3 is 1.37 bits per heavy atom. The molecule has 5 heterocycles. The summed E-state index contributed by atoms with van der Waals surface area (Å²) < 4.78 is 42.6. The Balaban J connectivity index is 1.10. The molecule has 0 aliphatic rings. The van der Waals surface area contributed by atoms with E-state index < -0.39 is 0 Å². The lowest BCUT2D eigenvalue weighted by Gasteiger charge is -2.17. The second-order valence-corrected chi connectivity index (χ2v) is 18.4. The first-order valence-electron chi connectivity index (χ1n) is 26.2. The third-order valence-corrected chi connectivity index (χ3v) is 14.0. The monoisotopic (exact) mass is 963 g/mol. The van der Waals surface area contributed by atoms with Crippen LogP contribution in [0.4, 0.5) is 0 Å². The fourth-order valence-electron chi connectivity index (χ4n) is 10.6. The van der Waals surface area contributed by atoms with Gasteiger partial charge in [0.05, 0.1) is 37.6 Å². The van der Waals surface area contributed by atoms with Crippen molar-refractivity contribution in [2.45, 2.75) is 0 Å². The van der Waals surface area contributed by atoms with E-state index in [0.29, 0.717) is 23.3 Å². The minimum absolute atomic E-state index is 0.0277. The molecular formula is C66H40N8O. The van der Waals surface area contributed by atoms with Crippen LogP contribution >= 0.6 is 0 Å². The van der Waals surface area contributed by atoms with Gasteiger partial charge in [0.2, 0.25) is 0 Å². The normalized spacial score (nSPS) is 12.3. The van der Waals surface area contributed by atoms with Gasteiger partial charge in [0.1, 0.15) is 5.58 Å². The van der Waals surface area contributed by atoms with Crippen LogP contribution in [0.25, 0.3) is 145 Å². The lowest BCUT2D eigenvalue weighted by atomic mass is 10.0. The van der Waals surface area contributed by atoms with E-state index in [0.717, 1.165) is 93.5 Å². The number of rotatable bonds is 8. The number of hydrogen-bond donors (Lipinski definition) is 0. The average molecular weight is 964 g/mol. The molecule has 9 heteroatoms. The molecular weight excluding hydrogens is 921 g/mol. The topological polar surface area (TPSA) is 100 Å². The van der Waals surface area contributed by atoms with Crippen molar-refractivity contribution in [3.05, 3.63) is 243 Å². The van der Waals surface area contributed by atoms with Crippen LogP contribution in [-0.2, 0) is 0 Å². The lowest BCUT2D eigenvalue weighted by molar-refractivity contribution is 0.666. The van der Waals surface area contributed by atoms with Crippen molar-refractivity contribution >= 4 is 65.6 Å². The molecule has 15 rings (SSSR count). The number of hydrogen-bond acceptors (Lipinski definition) is 7. The molecule has 0 unspecified atom stereocenters. The van der Waals surface area contributed by atoms with Gasteiger partial charge in [-0.2, -0.15) is 0 Å². The van der Waals surface area contributed by atoms with Crippen molar-refractivity contribution < 1.29 is 8.53 Å². The first-order valence-corrected chi connectivity index (χ1v) is 24.7. The molecule has 0 saturated heterocycles. The second-order valence-electron chi connectivity index (χ2n) is 18.4. The first-order chi connectivity index (χ1) is 38.5. The van der Waals surface area contributed by atoms with Gasteiger partial charge in [-0.3, -0.25) is 0 Å². The molecule has 350 valence electrons. The minimum atomic E-state index is -0.249.